The van der Waals surface area contributed by atoms with Crippen molar-refractivity contribution in [2.24, 2.45) is 0 Å². The van der Waals surface area contributed by atoms with Gasteiger partial charge in [0.05, 0.1) is 30.0 Å². The number of amides is 3. The molecule has 1 aliphatic rings. The molecular formula is C29H32ClN3O5. The van der Waals surface area contributed by atoms with Gasteiger partial charge in [0, 0.05) is 18.8 Å². The van der Waals surface area contributed by atoms with Crippen LogP contribution in [0.25, 0.3) is 0 Å². The van der Waals surface area contributed by atoms with Crippen LogP contribution in [0.5, 0.6) is 0 Å². The lowest BCUT2D eigenvalue weighted by Crippen LogP contribution is -2.38. The highest BCUT2D eigenvalue weighted by molar-refractivity contribution is 6.33. The number of furan rings is 1. The first kappa shape index (κ1) is 27.3. The summed E-state index contributed by atoms with van der Waals surface area (Å²) in [5, 5.41) is 3.33. The molecule has 1 saturated heterocycles. The van der Waals surface area contributed by atoms with Crippen LogP contribution in [0.1, 0.15) is 52.9 Å². The highest BCUT2D eigenvalue weighted by atomic mass is 35.5. The van der Waals surface area contributed by atoms with Crippen LogP contribution in [-0.2, 0) is 16.1 Å². The number of nitrogens with zero attached hydrogens (tertiary/aromatic N) is 2. The second-order valence-corrected chi connectivity index (χ2v) is 9.76. The fraction of sp³-hybridized carbons (Fsp3) is 0.345. The van der Waals surface area contributed by atoms with Crippen molar-refractivity contribution in [1.29, 1.82) is 0 Å². The smallest absolute Gasteiger partial charge is 0.410 e. The average molecular weight is 538 g/mol. The maximum atomic E-state index is 12.9. The molecule has 2 aromatic carbocycles. The summed E-state index contributed by atoms with van der Waals surface area (Å²) in [6, 6.07) is 16.7. The Morgan fingerprint density at radius 1 is 1.11 bits per heavy atom. The number of benzene rings is 2. The van der Waals surface area contributed by atoms with Crippen molar-refractivity contribution in [3.05, 3.63) is 88.3 Å². The van der Waals surface area contributed by atoms with Crippen LogP contribution < -0.4 is 5.32 Å². The van der Waals surface area contributed by atoms with E-state index in [0.29, 0.717) is 41.0 Å². The number of rotatable bonds is 8. The second-order valence-electron chi connectivity index (χ2n) is 9.35. The summed E-state index contributed by atoms with van der Waals surface area (Å²) in [4.78, 5) is 41.1. The molecular weight excluding hydrogens is 506 g/mol. The lowest BCUT2D eigenvalue weighted by atomic mass is 9.89. The molecule has 0 unspecified atom stereocenters. The third-order valence-corrected chi connectivity index (χ3v) is 6.90. The first-order valence-electron chi connectivity index (χ1n) is 12.7. The van der Waals surface area contributed by atoms with Gasteiger partial charge in [0.15, 0.2) is 0 Å². The zero-order valence-electron chi connectivity index (χ0n) is 21.6. The minimum atomic E-state index is -0.580. The summed E-state index contributed by atoms with van der Waals surface area (Å²) in [7, 11) is 0. The quantitative estimate of drug-likeness (QED) is 0.388. The molecule has 200 valence electrons. The van der Waals surface area contributed by atoms with Gasteiger partial charge in [0.1, 0.15) is 12.3 Å². The number of aryl methyl sites for hydroxylation is 1. The van der Waals surface area contributed by atoms with E-state index in [-0.39, 0.29) is 31.5 Å². The van der Waals surface area contributed by atoms with E-state index in [1.807, 2.05) is 48.2 Å². The highest BCUT2D eigenvalue weighted by Crippen LogP contribution is 2.30. The minimum Gasteiger partial charge on any atom is -0.467 e. The second kappa shape index (κ2) is 12.6. The topological polar surface area (TPSA) is 92.1 Å². The fourth-order valence-electron chi connectivity index (χ4n) is 4.58. The molecule has 8 nitrogen and oxygen atoms in total. The number of likely N-dealkylation sites (tertiary alicyclic amines) is 1. The summed E-state index contributed by atoms with van der Waals surface area (Å²) in [5.74, 6) is 0.518. The van der Waals surface area contributed by atoms with Crippen LogP contribution in [0.4, 0.5) is 10.5 Å². The van der Waals surface area contributed by atoms with E-state index in [9.17, 15) is 14.4 Å². The number of anilines is 1. The zero-order chi connectivity index (χ0) is 27.1. The zero-order valence-corrected chi connectivity index (χ0v) is 22.4. The third kappa shape index (κ3) is 6.95. The van der Waals surface area contributed by atoms with Crippen LogP contribution in [0.15, 0.2) is 65.3 Å². The van der Waals surface area contributed by atoms with Crippen molar-refractivity contribution in [2.45, 2.75) is 39.2 Å². The van der Waals surface area contributed by atoms with Gasteiger partial charge in [-0.05, 0) is 80.1 Å². The molecule has 1 aliphatic heterocycles. The van der Waals surface area contributed by atoms with Gasteiger partial charge in [0.25, 0.3) is 5.91 Å². The summed E-state index contributed by atoms with van der Waals surface area (Å²) in [6.45, 7) is 5.16. The summed E-state index contributed by atoms with van der Waals surface area (Å²) < 4.78 is 10.4. The van der Waals surface area contributed by atoms with E-state index in [2.05, 4.69) is 5.32 Å². The largest absolute Gasteiger partial charge is 0.467 e. The molecule has 0 atom stereocenters. The summed E-state index contributed by atoms with van der Waals surface area (Å²) in [5.41, 5.74) is 3.37. The monoisotopic (exact) mass is 537 g/mol. The number of halogens is 1. The SMILES string of the molecule is CCOC(=O)N(CC(=O)Nc1ccc(C2CCN(C(=O)c3ccc(C)cc3Cl)CC2)cc1)Cc1ccco1. The molecule has 0 saturated carbocycles. The van der Waals surface area contributed by atoms with Crippen LogP contribution in [0, 0.1) is 6.92 Å². The molecule has 0 bridgehead atoms. The maximum absolute atomic E-state index is 12.9. The highest BCUT2D eigenvalue weighted by Gasteiger charge is 2.26. The molecule has 1 aromatic heterocycles. The van der Waals surface area contributed by atoms with Gasteiger partial charge in [-0.15, -0.1) is 0 Å². The summed E-state index contributed by atoms with van der Waals surface area (Å²) in [6.07, 6.45) is 2.63. The van der Waals surface area contributed by atoms with E-state index in [1.165, 1.54) is 11.2 Å². The van der Waals surface area contributed by atoms with Crippen molar-refractivity contribution in [2.75, 3.05) is 31.6 Å². The predicted molar refractivity (Wildman–Crippen MR) is 145 cm³/mol. The standard InChI is InChI=1S/C29H32ClN3O5/c1-3-37-29(36)33(18-24-5-4-16-38-24)19-27(34)31-23-9-7-21(8-10-23)22-12-14-32(15-13-22)28(35)25-11-6-20(2)17-26(25)30/h4-11,16-17,22H,3,12-15,18-19H2,1-2H3,(H,31,34). The number of carbonyl (C=O) groups is 3. The lowest BCUT2D eigenvalue weighted by molar-refractivity contribution is -0.117. The molecule has 0 aliphatic carbocycles. The van der Waals surface area contributed by atoms with E-state index >= 15 is 0 Å². The van der Waals surface area contributed by atoms with E-state index in [1.54, 1.807) is 25.1 Å². The number of piperidine rings is 1. The van der Waals surface area contributed by atoms with Gasteiger partial charge in [-0.25, -0.2) is 4.79 Å². The number of hydrogen-bond acceptors (Lipinski definition) is 5. The first-order chi connectivity index (χ1) is 18.3. The van der Waals surface area contributed by atoms with Crippen molar-refractivity contribution < 1.29 is 23.5 Å². The Morgan fingerprint density at radius 3 is 2.47 bits per heavy atom. The maximum Gasteiger partial charge on any atom is 0.410 e. The average Bonchev–Trinajstić information content (AvgIpc) is 3.42. The number of carbonyl (C=O) groups excluding carboxylic acids is 3. The van der Waals surface area contributed by atoms with Gasteiger partial charge in [0.2, 0.25) is 5.91 Å². The van der Waals surface area contributed by atoms with Gasteiger partial charge in [-0.2, -0.15) is 0 Å². The van der Waals surface area contributed by atoms with Crippen molar-refractivity contribution in [1.82, 2.24) is 9.80 Å². The van der Waals surface area contributed by atoms with Gasteiger partial charge in [-0.1, -0.05) is 29.8 Å². The Morgan fingerprint density at radius 2 is 1.84 bits per heavy atom. The number of nitrogens with one attached hydrogen (secondary N) is 1. The van der Waals surface area contributed by atoms with E-state index in [0.717, 1.165) is 24.0 Å². The molecule has 9 heteroatoms. The van der Waals surface area contributed by atoms with Crippen molar-refractivity contribution in [3.8, 4) is 0 Å². The molecule has 2 heterocycles. The molecule has 0 spiro atoms. The first-order valence-corrected chi connectivity index (χ1v) is 13.1. The van der Waals surface area contributed by atoms with Crippen LogP contribution >= 0.6 is 11.6 Å². The third-order valence-electron chi connectivity index (χ3n) is 6.59. The van der Waals surface area contributed by atoms with Gasteiger partial charge in [-0.3, -0.25) is 14.5 Å². The van der Waals surface area contributed by atoms with Crippen LogP contribution in [-0.4, -0.2) is 53.9 Å². The van der Waals surface area contributed by atoms with Gasteiger partial charge >= 0.3 is 6.09 Å². The Labute approximate surface area is 227 Å². The number of hydrogen-bond donors (Lipinski definition) is 1. The van der Waals surface area contributed by atoms with E-state index < -0.39 is 6.09 Å². The molecule has 38 heavy (non-hydrogen) atoms. The summed E-state index contributed by atoms with van der Waals surface area (Å²) >= 11 is 6.30. The Balaban J connectivity index is 1.30. The Hall–Kier alpha value is -3.78. The Bertz CT molecular complexity index is 1250. The molecule has 3 amide bonds. The molecule has 1 N–H and O–H groups in total. The molecule has 1 fully saturated rings. The van der Waals surface area contributed by atoms with Gasteiger partial charge < -0.3 is 19.4 Å². The molecule has 3 aromatic rings. The van der Waals surface area contributed by atoms with Crippen molar-refractivity contribution in [3.63, 3.8) is 0 Å². The Kier molecular flexibility index (Phi) is 9.07. The fourth-order valence-corrected chi connectivity index (χ4v) is 4.90. The number of ether oxygens (including phenoxy) is 1. The normalized spacial score (nSPS) is 13.7. The van der Waals surface area contributed by atoms with Crippen LogP contribution in [0.2, 0.25) is 5.02 Å². The molecule has 0 radical (unpaired) electrons. The minimum absolute atomic E-state index is 0.0320. The predicted octanol–water partition coefficient (Wildman–Crippen LogP) is 5.86. The van der Waals surface area contributed by atoms with Crippen molar-refractivity contribution >= 4 is 35.2 Å². The molecule has 4 rings (SSSR count). The lowest BCUT2D eigenvalue weighted by Gasteiger charge is -2.32. The van der Waals surface area contributed by atoms with E-state index in [4.69, 9.17) is 20.8 Å². The van der Waals surface area contributed by atoms with Crippen LogP contribution in [0.3, 0.4) is 0 Å².